The molecule has 6 heteroatoms. The number of amides is 2. The van der Waals surface area contributed by atoms with E-state index in [1.165, 1.54) is 17.0 Å². The second kappa shape index (κ2) is 6.56. The minimum atomic E-state index is -0.697. The third kappa shape index (κ3) is 3.36. The summed E-state index contributed by atoms with van der Waals surface area (Å²) >= 11 is 0. The van der Waals surface area contributed by atoms with Gasteiger partial charge in [0.15, 0.2) is 0 Å². The molecule has 1 aliphatic heterocycles. The first-order chi connectivity index (χ1) is 11.1. The average molecular weight is 313 g/mol. The molecule has 0 bridgehead atoms. The number of halogens is 1. The van der Waals surface area contributed by atoms with Crippen LogP contribution in [0.15, 0.2) is 48.8 Å². The fourth-order valence-electron chi connectivity index (χ4n) is 2.62. The van der Waals surface area contributed by atoms with Crippen molar-refractivity contribution in [3.8, 4) is 0 Å². The van der Waals surface area contributed by atoms with Gasteiger partial charge in [-0.15, -0.1) is 0 Å². The van der Waals surface area contributed by atoms with Crippen LogP contribution in [0.3, 0.4) is 0 Å². The summed E-state index contributed by atoms with van der Waals surface area (Å²) in [5.41, 5.74) is 1.49. The Hall–Kier alpha value is -2.76. The lowest BCUT2D eigenvalue weighted by molar-refractivity contribution is -0.132. The summed E-state index contributed by atoms with van der Waals surface area (Å²) < 4.78 is 13.0. The second-order valence-electron chi connectivity index (χ2n) is 5.39. The van der Waals surface area contributed by atoms with Gasteiger partial charge in [0.25, 0.3) is 0 Å². The van der Waals surface area contributed by atoms with Crippen LogP contribution in [0.2, 0.25) is 0 Å². The van der Waals surface area contributed by atoms with Gasteiger partial charge in [-0.25, -0.2) is 4.39 Å². The van der Waals surface area contributed by atoms with Gasteiger partial charge >= 0.3 is 0 Å². The molecule has 1 atom stereocenters. The standard InChI is InChI=1S/C17H16FN3O2/c18-13-3-5-14(6-4-13)21-9-7-15(17(21)23)16(22)20-11-12-2-1-8-19-10-12/h1-6,8,10,15H,7,9,11H2,(H,20,22). The Morgan fingerprint density at radius 1 is 1.30 bits per heavy atom. The predicted octanol–water partition coefficient (Wildman–Crippen LogP) is 1.89. The molecule has 1 aromatic heterocycles. The monoisotopic (exact) mass is 313 g/mol. The lowest BCUT2D eigenvalue weighted by Crippen LogP contribution is -2.36. The predicted molar refractivity (Wildman–Crippen MR) is 82.9 cm³/mol. The van der Waals surface area contributed by atoms with Gasteiger partial charge < -0.3 is 10.2 Å². The number of nitrogens with zero attached hydrogens (tertiary/aromatic N) is 2. The number of benzene rings is 1. The Bertz CT molecular complexity index is 704. The van der Waals surface area contributed by atoms with Gasteiger partial charge in [-0.2, -0.15) is 0 Å². The van der Waals surface area contributed by atoms with Crippen LogP contribution < -0.4 is 10.2 Å². The van der Waals surface area contributed by atoms with Crippen LogP contribution in [-0.4, -0.2) is 23.3 Å². The Labute approximate surface area is 133 Å². The number of rotatable bonds is 4. The first-order valence-electron chi connectivity index (χ1n) is 7.39. The molecule has 1 aliphatic rings. The third-order valence-electron chi connectivity index (χ3n) is 3.85. The van der Waals surface area contributed by atoms with Gasteiger partial charge in [0.2, 0.25) is 11.8 Å². The fraction of sp³-hybridized carbons (Fsp3) is 0.235. The highest BCUT2D eigenvalue weighted by atomic mass is 19.1. The molecule has 1 fully saturated rings. The fourth-order valence-corrected chi connectivity index (χ4v) is 2.62. The number of carbonyl (C=O) groups excluding carboxylic acids is 2. The van der Waals surface area contributed by atoms with Crippen molar-refractivity contribution in [2.24, 2.45) is 5.92 Å². The summed E-state index contributed by atoms with van der Waals surface area (Å²) in [6, 6.07) is 9.34. The Kier molecular flexibility index (Phi) is 4.32. The van der Waals surface area contributed by atoms with E-state index in [2.05, 4.69) is 10.3 Å². The smallest absolute Gasteiger partial charge is 0.239 e. The van der Waals surface area contributed by atoms with Gasteiger partial charge in [0, 0.05) is 31.2 Å². The first kappa shape index (κ1) is 15.1. The number of carbonyl (C=O) groups is 2. The number of hydrogen-bond acceptors (Lipinski definition) is 3. The van der Waals surface area contributed by atoms with Crippen molar-refractivity contribution in [1.82, 2.24) is 10.3 Å². The molecule has 23 heavy (non-hydrogen) atoms. The zero-order valence-electron chi connectivity index (χ0n) is 12.4. The molecule has 5 nitrogen and oxygen atoms in total. The third-order valence-corrected chi connectivity index (χ3v) is 3.85. The molecule has 0 saturated carbocycles. The van der Waals surface area contributed by atoms with Crippen molar-refractivity contribution in [2.45, 2.75) is 13.0 Å². The lowest BCUT2D eigenvalue weighted by Gasteiger charge is -2.16. The molecule has 0 radical (unpaired) electrons. The molecule has 1 saturated heterocycles. The number of hydrogen-bond donors (Lipinski definition) is 1. The van der Waals surface area contributed by atoms with Crippen molar-refractivity contribution in [1.29, 1.82) is 0 Å². The minimum absolute atomic E-state index is 0.250. The Balaban J connectivity index is 1.62. The minimum Gasteiger partial charge on any atom is -0.351 e. The average Bonchev–Trinajstić information content (AvgIpc) is 2.96. The second-order valence-corrected chi connectivity index (χ2v) is 5.39. The van der Waals surface area contributed by atoms with E-state index in [1.807, 2.05) is 6.07 Å². The van der Waals surface area contributed by atoms with E-state index in [0.29, 0.717) is 25.2 Å². The molecule has 0 spiro atoms. The summed E-state index contributed by atoms with van der Waals surface area (Å²) in [7, 11) is 0. The highest BCUT2D eigenvalue weighted by molar-refractivity contribution is 6.09. The van der Waals surface area contributed by atoms with E-state index < -0.39 is 5.92 Å². The number of anilines is 1. The normalized spacial score (nSPS) is 17.3. The van der Waals surface area contributed by atoms with Gasteiger partial charge in [-0.3, -0.25) is 14.6 Å². The molecule has 0 aliphatic carbocycles. The molecule has 1 unspecified atom stereocenters. The van der Waals surface area contributed by atoms with E-state index in [4.69, 9.17) is 0 Å². The van der Waals surface area contributed by atoms with Crippen molar-refractivity contribution in [3.05, 3.63) is 60.2 Å². The van der Waals surface area contributed by atoms with Gasteiger partial charge in [0.05, 0.1) is 0 Å². The van der Waals surface area contributed by atoms with Crippen molar-refractivity contribution < 1.29 is 14.0 Å². The van der Waals surface area contributed by atoms with Gasteiger partial charge in [-0.1, -0.05) is 6.07 Å². The highest BCUT2D eigenvalue weighted by Crippen LogP contribution is 2.25. The van der Waals surface area contributed by atoms with Crippen LogP contribution >= 0.6 is 0 Å². The van der Waals surface area contributed by atoms with Crippen LogP contribution in [0.5, 0.6) is 0 Å². The van der Waals surface area contributed by atoms with Crippen molar-refractivity contribution in [3.63, 3.8) is 0 Å². The van der Waals surface area contributed by atoms with Crippen LogP contribution in [-0.2, 0) is 16.1 Å². The quantitative estimate of drug-likeness (QED) is 0.877. The van der Waals surface area contributed by atoms with Crippen LogP contribution in [0.25, 0.3) is 0 Å². The molecule has 118 valence electrons. The van der Waals surface area contributed by atoms with Crippen molar-refractivity contribution >= 4 is 17.5 Å². The summed E-state index contributed by atoms with van der Waals surface area (Å²) in [6.07, 6.45) is 3.78. The zero-order valence-corrected chi connectivity index (χ0v) is 12.4. The molecular formula is C17H16FN3O2. The number of aromatic nitrogens is 1. The van der Waals surface area contributed by atoms with E-state index >= 15 is 0 Å². The van der Waals surface area contributed by atoms with Crippen molar-refractivity contribution in [2.75, 3.05) is 11.4 Å². The Morgan fingerprint density at radius 2 is 2.09 bits per heavy atom. The Morgan fingerprint density at radius 3 is 2.78 bits per heavy atom. The number of nitrogens with one attached hydrogen (secondary N) is 1. The molecule has 1 aromatic carbocycles. The zero-order chi connectivity index (χ0) is 16.2. The summed E-state index contributed by atoms with van der Waals surface area (Å²) in [4.78, 5) is 30.1. The molecular weight excluding hydrogens is 297 g/mol. The topological polar surface area (TPSA) is 62.3 Å². The number of pyridine rings is 1. The molecule has 2 heterocycles. The highest BCUT2D eigenvalue weighted by Gasteiger charge is 2.37. The lowest BCUT2D eigenvalue weighted by atomic mass is 10.1. The first-order valence-corrected chi connectivity index (χ1v) is 7.39. The van der Waals surface area contributed by atoms with E-state index in [-0.39, 0.29) is 17.6 Å². The van der Waals surface area contributed by atoms with Gasteiger partial charge in [-0.05, 0) is 42.3 Å². The maximum atomic E-state index is 13.0. The summed E-state index contributed by atoms with van der Waals surface area (Å²) in [5, 5.41) is 2.77. The summed E-state index contributed by atoms with van der Waals surface area (Å²) in [5.74, 6) is -1.59. The van der Waals surface area contributed by atoms with E-state index in [1.54, 1.807) is 30.6 Å². The molecule has 2 aromatic rings. The summed E-state index contributed by atoms with van der Waals surface area (Å²) in [6.45, 7) is 0.794. The maximum Gasteiger partial charge on any atom is 0.239 e. The van der Waals surface area contributed by atoms with Gasteiger partial charge in [0.1, 0.15) is 11.7 Å². The van der Waals surface area contributed by atoms with E-state index in [0.717, 1.165) is 5.56 Å². The molecule has 3 rings (SSSR count). The SMILES string of the molecule is O=C(NCc1cccnc1)C1CCN(c2ccc(F)cc2)C1=O. The maximum absolute atomic E-state index is 13.0. The molecule has 1 N–H and O–H groups in total. The van der Waals surface area contributed by atoms with E-state index in [9.17, 15) is 14.0 Å². The van der Waals surface area contributed by atoms with Crippen LogP contribution in [0.4, 0.5) is 10.1 Å². The largest absolute Gasteiger partial charge is 0.351 e. The van der Waals surface area contributed by atoms with Crippen LogP contribution in [0.1, 0.15) is 12.0 Å². The molecule has 2 amide bonds. The van der Waals surface area contributed by atoms with Crippen LogP contribution in [0, 0.1) is 11.7 Å².